The van der Waals surface area contributed by atoms with Crippen LogP contribution in [0.1, 0.15) is 42.4 Å². The first kappa shape index (κ1) is 18.4. The zero-order valence-corrected chi connectivity index (χ0v) is 15.7. The number of aromatic nitrogens is 2. The van der Waals surface area contributed by atoms with E-state index in [1.54, 1.807) is 18.2 Å². The Bertz CT molecular complexity index is 702. The van der Waals surface area contributed by atoms with Crippen LogP contribution in [0.5, 0.6) is 0 Å². The van der Waals surface area contributed by atoms with Crippen molar-refractivity contribution in [2.24, 2.45) is 0 Å². The van der Waals surface area contributed by atoms with Crippen LogP contribution in [-0.4, -0.2) is 36.2 Å². The summed E-state index contributed by atoms with van der Waals surface area (Å²) in [6.07, 6.45) is 0.704. The molecule has 24 heavy (non-hydrogen) atoms. The Balaban J connectivity index is 1.82. The molecule has 2 rings (SSSR count). The highest BCUT2D eigenvalue weighted by Crippen LogP contribution is 2.25. The second kappa shape index (κ2) is 8.28. The van der Waals surface area contributed by atoms with Crippen LogP contribution < -0.4 is 10.2 Å². The molecule has 0 saturated heterocycles. The average molecular weight is 397 g/mol. The number of carbonyl (C=O) groups is 1. The van der Waals surface area contributed by atoms with Crippen molar-refractivity contribution in [2.45, 2.75) is 26.2 Å². The van der Waals surface area contributed by atoms with Crippen molar-refractivity contribution in [2.75, 3.05) is 25.0 Å². The maximum absolute atomic E-state index is 13.7. The number of rotatable bonds is 7. The molecule has 0 aliphatic rings. The number of nitrogens with zero attached hydrogens (tertiary/aromatic N) is 2. The van der Waals surface area contributed by atoms with E-state index < -0.39 is 0 Å². The van der Waals surface area contributed by atoms with Crippen molar-refractivity contribution in [1.82, 2.24) is 15.5 Å². The molecule has 0 spiro atoms. The average Bonchev–Trinajstić information content (AvgIpc) is 2.93. The van der Waals surface area contributed by atoms with Gasteiger partial charge in [-0.1, -0.05) is 26.0 Å². The zero-order valence-electron chi connectivity index (χ0n) is 14.1. The number of hydrogen-bond acceptors (Lipinski definition) is 3. The maximum atomic E-state index is 13.7. The van der Waals surface area contributed by atoms with Crippen LogP contribution in [0.2, 0.25) is 0 Å². The molecule has 1 aromatic carbocycles. The Kier molecular flexibility index (Phi) is 6.36. The quantitative estimate of drug-likeness (QED) is 0.701. The minimum atomic E-state index is -0.245. The van der Waals surface area contributed by atoms with E-state index in [9.17, 15) is 9.18 Å². The highest BCUT2D eigenvalue weighted by atomic mass is 79.9. The molecule has 7 heteroatoms. The van der Waals surface area contributed by atoms with Crippen LogP contribution in [0.25, 0.3) is 0 Å². The number of carbonyl (C=O) groups excluding carboxylic acids is 1. The van der Waals surface area contributed by atoms with Gasteiger partial charge in [0.2, 0.25) is 0 Å². The van der Waals surface area contributed by atoms with Gasteiger partial charge in [-0.25, -0.2) is 4.39 Å². The lowest BCUT2D eigenvalue weighted by Gasteiger charge is -2.19. The molecule has 2 N–H and O–H groups in total. The van der Waals surface area contributed by atoms with Gasteiger partial charge in [0, 0.05) is 20.1 Å². The third kappa shape index (κ3) is 4.35. The molecule has 5 nitrogen and oxygen atoms in total. The number of nitrogens with one attached hydrogen (secondary N) is 2. The minimum absolute atomic E-state index is 0.224. The summed E-state index contributed by atoms with van der Waals surface area (Å²) < 4.78 is 14.4. The van der Waals surface area contributed by atoms with Crippen molar-refractivity contribution < 1.29 is 9.18 Å². The SMILES string of the molecule is CC(C)c1[nH]nc(C(=O)NCCCN(C)c2ccccc2F)c1Br. The molecule has 1 amide bonds. The minimum Gasteiger partial charge on any atom is -0.372 e. The van der Waals surface area contributed by atoms with Crippen LogP contribution in [0, 0.1) is 5.82 Å². The first-order valence-electron chi connectivity index (χ1n) is 7.89. The highest BCUT2D eigenvalue weighted by Gasteiger charge is 2.18. The van der Waals surface area contributed by atoms with Gasteiger partial charge < -0.3 is 10.2 Å². The number of H-pyrrole nitrogens is 1. The predicted octanol–water partition coefficient (Wildman–Crippen LogP) is 3.69. The van der Waals surface area contributed by atoms with Crippen LogP contribution >= 0.6 is 15.9 Å². The molecule has 1 aromatic heterocycles. The molecule has 1 heterocycles. The molecule has 0 aliphatic heterocycles. The largest absolute Gasteiger partial charge is 0.372 e. The van der Waals surface area contributed by atoms with Gasteiger partial charge in [0.05, 0.1) is 15.9 Å². The molecule has 2 aromatic rings. The Hall–Kier alpha value is -1.89. The zero-order chi connectivity index (χ0) is 17.7. The third-order valence-corrected chi connectivity index (χ3v) is 4.55. The van der Waals surface area contributed by atoms with Crippen molar-refractivity contribution in [3.05, 3.63) is 45.9 Å². The first-order chi connectivity index (χ1) is 11.4. The van der Waals surface area contributed by atoms with E-state index in [4.69, 9.17) is 0 Å². The van der Waals surface area contributed by atoms with Gasteiger partial charge in [-0.2, -0.15) is 5.10 Å². The maximum Gasteiger partial charge on any atom is 0.272 e. The highest BCUT2D eigenvalue weighted by molar-refractivity contribution is 9.10. The fourth-order valence-electron chi connectivity index (χ4n) is 2.36. The van der Waals surface area contributed by atoms with Gasteiger partial charge >= 0.3 is 0 Å². The number of amides is 1. The molecule has 0 unspecified atom stereocenters. The van der Waals surface area contributed by atoms with E-state index in [0.29, 0.717) is 35.4 Å². The van der Waals surface area contributed by atoms with E-state index in [2.05, 4.69) is 31.4 Å². The van der Waals surface area contributed by atoms with E-state index in [1.165, 1.54) is 6.07 Å². The molecule has 130 valence electrons. The van der Waals surface area contributed by atoms with E-state index in [0.717, 1.165) is 5.69 Å². The number of halogens is 2. The number of anilines is 1. The number of para-hydroxylation sites is 1. The fraction of sp³-hybridized carbons (Fsp3) is 0.412. The summed E-state index contributed by atoms with van der Waals surface area (Å²) in [6, 6.07) is 6.65. The summed E-state index contributed by atoms with van der Waals surface area (Å²) in [5, 5.41) is 9.79. The molecule has 0 bridgehead atoms. The lowest BCUT2D eigenvalue weighted by molar-refractivity contribution is 0.0947. The van der Waals surface area contributed by atoms with Crippen molar-refractivity contribution in [3.63, 3.8) is 0 Å². The lowest BCUT2D eigenvalue weighted by Crippen LogP contribution is -2.28. The van der Waals surface area contributed by atoms with Gasteiger partial charge in [-0.15, -0.1) is 0 Å². The number of hydrogen-bond donors (Lipinski definition) is 2. The van der Waals surface area contributed by atoms with Crippen molar-refractivity contribution >= 4 is 27.5 Å². The normalized spacial score (nSPS) is 10.9. The first-order valence-corrected chi connectivity index (χ1v) is 8.68. The van der Waals surface area contributed by atoms with Gasteiger partial charge in [0.25, 0.3) is 5.91 Å². The smallest absolute Gasteiger partial charge is 0.272 e. The number of benzene rings is 1. The van der Waals surface area contributed by atoms with Gasteiger partial charge in [0.15, 0.2) is 5.69 Å². The van der Waals surface area contributed by atoms with Gasteiger partial charge in [0.1, 0.15) is 5.82 Å². The predicted molar refractivity (Wildman–Crippen MR) is 97.0 cm³/mol. The summed E-state index contributed by atoms with van der Waals surface area (Å²) in [4.78, 5) is 14.0. The standard InChI is InChI=1S/C17H22BrFN4O/c1-11(2)15-14(18)16(22-21-15)17(24)20-9-6-10-23(3)13-8-5-4-7-12(13)19/h4-5,7-8,11H,6,9-10H2,1-3H3,(H,20,24)(H,21,22). The summed E-state index contributed by atoms with van der Waals surface area (Å²) in [6.45, 7) is 5.19. The Morgan fingerprint density at radius 2 is 2.12 bits per heavy atom. The lowest BCUT2D eigenvalue weighted by atomic mass is 10.1. The van der Waals surface area contributed by atoms with Crippen LogP contribution in [-0.2, 0) is 0 Å². The van der Waals surface area contributed by atoms with Crippen LogP contribution in [0.15, 0.2) is 28.7 Å². The van der Waals surface area contributed by atoms with Crippen LogP contribution in [0.3, 0.4) is 0 Å². The van der Waals surface area contributed by atoms with E-state index in [-0.39, 0.29) is 17.6 Å². The number of aromatic amines is 1. The molecule has 0 aliphatic carbocycles. The molecule has 0 radical (unpaired) electrons. The molecular weight excluding hydrogens is 375 g/mol. The topological polar surface area (TPSA) is 61.0 Å². The summed E-state index contributed by atoms with van der Waals surface area (Å²) >= 11 is 3.42. The van der Waals surface area contributed by atoms with E-state index in [1.807, 2.05) is 25.8 Å². The molecule has 0 saturated carbocycles. The monoisotopic (exact) mass is 396 g/mol. The summed E-state index contributed by atoms with van der Waals surface area (Å²) in [5.74, 6) is -0.216. The van der Waals surface area contributed by atoms with Gasteiger partial charge in [-0.05, 0) is 40.4 Å². The summed E-state index contributed by atoms with van der Waals surface area (Å²) in [7, 11) is 1.83. The fourth-order valence-corrected chi connectivity index (χ4v) is 3.17. The second-order valence-electron chi connectivity index (χ2n) is 5.94. The molecular formula is C17H22BrFN4O. The third-order valence-electron chi connectivity index (χ3n) is 3.74. The molecule has 0 atom stereocenters. The Morgan fingerprint density at radius 3 is 2.75 bits per heavy atom. The molecule has 0 fully saturated rings. The van der Waals surface area contributed by atoms with Gasteiger partial charge in [-0.3, -0.25) is 9.89 Å². The summed E-state index contributed by atoms with van der Waals surface area (Å²) in [5.41, 5.74) is 1.82. The van der Waals surface area contributed by atoms with E-state index >= 15 is 0 Å². The second-order valence-corrected chi connectivity index (χ2v) is 6.73. The Morgan fingerprint density at radius 1 is 1.42 bits per heavy atom. The Labute approximate surface area is 149 Å². The van der Waals surface area contributed by atoms with Crippen molar-refractivity contribution in [1.29, 1.82) is 0 Å². The van der Waals surface area contributed by atoms with Crippen LogP contribution in [0.4, 0.5) is 10.1 Å². The van der Waals surface area contributed by atoms with Crippen molar-refractivity contribution in [3.8, 4) is 0 Å².